The van der Waals surface area contributed by atoms with E-state index in [9.17, 15) is 0 Å². The molecule has 2 aliphatic rings. The van der Waals surface area contributed by atoms with Gasteiger partial charge in [0.15, 0.2) is 34.9 Å². The van der Waals surface area contributed by atoms with Crippen molar-refractivity contribution in [2.75, 3.05) is 0 Å². The van der Waals surface area contributed by atoms with Crippen molar-refractivity contribution in [1.82, 2.24) is 34.5 Å². The molecule has 422 valence electrons. The molecule has 90 heavy (non-hydrogen) atoms. The molecule has 0 aliphatic carbocycles. The fourth-order valence-electron chi connectivity index (χ4n) is 13.4. The third kappa shape index (κ3) is 9.00. The largest absolute Gasteiger partial charge is 0.458 e. The lowest BCUT2D eigenvalue weighted by Gasteiger charge is -2.35. The number of benzene rings is 12. The molecule has 8 nitrogen and oxygen atoms in total. The molecule has 12 aromatic carbocycles. The van der Waals surface area contributed by atoms with E-state index in [-0.39, 0.29) is 12.6 Å². The molecule has 15 aromatic rings. The van der Waals surface area contributed by atoms with Gasteiger partial charge in [-0.1, -0.05) is 257 Å². The van der Waals surface area contributed by atoms with E-state index in [4.69, 9.17) is 34.6 Å². The molecule has 5 heterocycles. The van der Waals surface area contributed by atoms with Gasteiger partial charge in [-0.2, -0.15) is 0 Å². The zero-order chi connectivity index (χ0) is 59.8. The molecule has 3 aromatic heterocycles. The summed E-state index contributed by atoms with van der Waals surface area (Å²) in [6, 6.07) is 101. The van der Waals surface area contributed by atoms with E-state index in [1.165, 1.54) is 5.56 Å². The maximum absolute atomic E-state index is 7.74. The maximum atomic E-state index is 7.74. The van der Waals surface area contributed by atoms with E-state index in [0.717, 1.165) is 133 Å². The van der Waals surface area contributed by atoms with Crippen LogP contribution in [0, 0.1) is 0 Å². The fraction of sp³-hybridized carbons (Fsp3) is 0.0370. The molecule has 2 aliphatic heterocycles. The first-order chi connectivity index (χ1) is 44.4. The highest BCUT2D eigenvalue weighted by molar-refractivity contribution is 6.99. The standard InChI is InChI=1S/C81H54BN7O/c1-50(2)58-48-71-73-72(49-58)90-75-67(64-40-24-23-38-62(64)52-27-11-4-12-28-52)44-59(63-39-22-21-37-61(63)51-25-9-3-10-26-51)46-69(75)82(73)68-47-60(81-87-78(55-33-17-7-18-34-55)84-79(88-81)56-35-19-8-20-36-56)45-66-65-43-57(41-42-70(65)89(71)74(66)68)80-85-76(53-29-13-5-14-30-53)83-77(86-80)54-31-15-6-16-32-54/h3-50H,1-2H3. The minimum Gasteiger partial charge on any atom is -0.458 e. The van der Waals surface area contributed by atoms with E-state index in [1.807, 2.05) is 72.8 Å². The first-order valence-corrected chi connectivity index (χ1v) is 30.6. The summed E-state index contributed by atoms with van der Waals surface area (Å²) in [4.78, 5) is 31.7. The van der Waals surface area contributed by atoms with Gasteiger partial charge in [-0.25, -0.2) is 29.9 Å². The minimum atomic E-state index is -0.334. The second kappa shape index (κ2) is 21.6. The van der Waals surface area contributed by atoms with E-state index in [1.54, 1.807) is 0 Å². The van der Waals surface area contributed by atoms with E-state index >= 15 is 0 Å². The van der Waals surface area contributed by atoms with Crippen molar-refractivity contribution < 1.29 is 4.74 Å². The Kier molecular flexibility index (Phi) is 12.6. The van der Waals surface area contributed by atoms with E-state index in [2.05, 4.69) is 231 Å². The summed E-state index contributed by atoms with van der Waals surface area (Å²) in [5.74, 6) is 5.34. The second-order valence-electron chi connectivity index (χ2n) is 23.5. The van der Waals surface area contributed by atoms with Crippen molar-refractivity contribution in [3.63, 3.8) is 0 Å². The molecule has 0 atom stereocenters. The molecule has 17 rings (SSSR count). The molecular weight excluding hydrogens is 1100 g/mol. The van der Waals surface area contributed by atoms with Gasteiger partial charge in [-0.05, 0) is 109 Å². The Balaban J connectivity index is 0.990. The van der Waals surface area contributed by atoms with Gasteiger partial charge in [0.2, 0.25) is 0 Å². The Bertz CT molecular complexity index is 5180. The predicted molar refractivity (Wildman–Crippen MR) is 367 cm³/mol. The van der Waals surface area contributed by atoms with Crippen LogP contribution in [-0.4, -0.2) is 41.2 Å². The van der Waals surface area contributed by atoms with Crippen molar-refractivity contribution in [2.24, 2.45) is 0 Å². The van der Waals surface area contributed by atoms with Crippen molar-refractivity contribution in [3.05, 3.63) is 291 Å². The van der Waals surface area contributed by atoms with Crippen molar-refractivity contribution in [2.45, 2.75) is 19.8 Å². The first-order valence-electron chi connectivity index (χ1n) is 30.6. The van der Waals surface area contributed by atoms with Gasteiger partial charge in [0.25, 0.3) is 6.71 Å². The summed E-state index contributed by atoms with van der Waals surface area (Å²) in [5.41, 5.74) is 21.8. The van der Waals surface area contributed by atoms with Crippen LogP contribution in [0.25, 0.3) is 140 Å². The quantitative estimate of drug-likeness (QED) is 0.119. The maximum Gasteiger partial charge on any atom is 0.256 e. The van der Waals surface area contributed by atoms with Gasteiger partial charge < -0.3 is 9.30 Å². The van der Waals surface area contributed by atoms with Crippen LogP contribution in [0.1, 0.15) is 25.3 Å². The number of hydrogen-bond donors (Lipinski definition) is 0. The third-order valence-corrected chi connectivity index (χ3v) is 17.7. The van der Waals surface area contributed by atoms with Crippen LogP contribution in [0.2, 0.25) is 0 Å². The van der Waals surface area contributed by atoms with Gasteiger partial charge in [-0.15, -0.1) is 0 Å². The predicted octanol–water partition coefficient (Wildman–Crippen LogP) is 17.9. The molecule has 0 saturated heterocycles. The molecule has 0 saturated carbocycles. The highest BCUT2D eigenvalue weighted by Gasteiger charge is 2.43. The van der Waals surface area contributed by atoms with Crippen LogP contribution in [0.15, 0.2) is 285 Å². The minimum absolute atomic E-state index is 0.181. The van der Waals surface area contributed by atoms with Gasteiger partial charge in [0.1, 0.15) is 11.5 Å². The average molecular weight is 1150 g/mol. The molecule has 0 fully saturated rings. The Morgan fingerprint density at radius 1 is 0.322 bits per heavy atom. The smallest absolute Gasteiger partial charge is 0.256 e. The van der Waals surface area contributed by atoms with E-state index < -0.39 is 0 Å². The number of hydrogen-bond acceptors (Lipinski definition) is 7. The number of nitrogens with zero attached hydrogens (tertiary/aromatic N) is 7. The molecule has 0 amide bonds. The van der Waals surface area contributed by atoms with Crippen LogP contribution < -0.4 is 21.1 Å². The Morgan fingerprint density at radius 3 is 1.21 bits per heavy atom. The van der Waals surface area contributed by atoms with Crippen LogP contribution in [0.5, 0.6) is 11.5 Å². The Morgan fingerprint density at radius 2 is 0.722 bits per heavy atom. The first kappa shape index (κ1) is 52.6. The third-order valence-electron chi connectivity index (χ3n) is 17.7. The van der Waals surface area contributed by atoms with Gasteiger partial charge in [0, 0.05) is 60.9 Å². The zero-order valence-electron chi connectivity index (χ0n) is 49.3. The SMILES string of the molecule is CC(C)c1cc2c3c(c1)-n1c4ccc(-c5nc(-c6ccccc6)nc(-c6ccccc6)n5)cc4c4cc(-c5nc(-c6ccccc6)nc(-c6ccccc6)n5)cc(c41)B3c1cc(-c3ccccc3-c3ccccc3)cc(-c3ccccc3-c3ccccc3)c1O2. The average Bonchev–Trinajstić information content (AvgIpc) is 1.40. The molecular formula is C81H54BN7O. The van der Waals surface area contributed by atoms with E-state index in [0.29, 0.717) is 34.9 Å². The molecule has 0 N–H and O–H groups in total. The summed E-state index contributed by atoms with van der Waals surface area (Å²) >= 11 is 0. The number of aromatic nitrogens is 7. The van der Waals surface area contributed by atoms with Crippen LogP contribution >= 0.6 is 0 Å². The number of fused-ring (bicyclic) bond motifs is 7. The topological polar surface area (TPSA) is 91.5 Å². The summed E-state index contributed by atoms with van der Waals surface area (Å²) in [5, 5.41) is 2.07. The molecule has 0 radical (unpaired) electrons. The van der Waals surface area contributed by atoms with Crippen LogP contribution in [-0.2, 0) is 0 Å². The molecule has 0 bridgehead atoms. The summed E-state index contributed by atoms with van der Waals surface area (Å²) in [6.07, 6.45) is 0. The monoisotopic (exact) mass is 1150 g/mol. The molecule has 9 heteroatoms. The van der Waals surface area contributed by atoms with Crippen LogP contribution in [0.3, 0.4) is 0 Å². The summed E-state index contributed by atoms with van der Waals surface area (Å²) < 4.78 is 10.2. The molecule has 0 spiro atoms. The highest BCUT2D eigenvalue weighted by Crippen LogP contribution is 2.47. The lowest BCUT2D eigenvalue weighted by Crippen LogP contribution is -2.58. The van der Waals surface area contributed by atoms with Gasteiger partial charge in [0.05, 0.1) is 5.52 Å². The van der Waals surface area contributed by atoms with Gasteiger partial charge in [-0.3, -0.25) is 0 Å². The lowest BCUT2D eigenvalue weighted by molar-refractivity contribution is 0.488. The van der Waals surface area contributed by atoms with Gasteiger partial charge >= 0.3 is 0 Å². The summed E-state index contributed by atoms with van der Waals surface area (Å²) in [6.45, 7) is 4.20. The summed E-state index contributed by atoms with van der Waals surface area (Å²) in [7, 11) is 0. The normalized spacial score (nSPS) is 12.1. The van der Waals surface area contributed by atoms with Crippen molar-refractivity contribution in [3.8, 4) is 130 Å². The second-order valence-corrected chi connectivity index (χ2v) is 23.5. The fourth-order valence-corrected chi connectivity index (χ4v) is 13.4. The number of rotatable bonds is 11. The lowest BCUT2D eigenvalue weighted by atomic mass is 9.34. The van der Waals surface area contributed by atoms with Crippen LogP contribution in [0.4, 0.5) is 0 Å². The highest BCUT2D eigenvalue weighted by atomic mass is 16.5. The number of ether oxygens (including phenoxy) is 1. The van der Waals surface area contributed by atoms with Crippen molar-refractivity contribution >= 4 is 44.9 Å². The zero-order valence-corrected chi connectivity index (χ0v) is 49.3. The Labute approximate surface area is 521 Å². The van der Waals surface area contributed by atoms with Crippen molar-refractivity contribution in [1.29, 1.82) is 0 Å². The molecule has 0 unspecified atom stereocenters. The Hall–Kier alpha value is -11.7.